The molecule has 18 heavy (non-hydrogen) atoms. The zero-order valence-electron chi connectivity index (χ0n) is 10.1. The number of hydrogen-bond acceptors (Lipinski definition) is 6. The minimum Gasteiger partial charge on any atom is -0.387 e. The molecule has 2 heterocycles. The molecule has 0 fully saturated rings. The van der Waals surface area contributed by atoms with E-state index < -0.39 is 6.10 Å². The first-order chi connectivity index (χ1) is 8.79. The summed E-state index contributed by atoms with van der Waals surface area (Å²) in [5.41, 5.74) is 0.920. The van der Waals surface area contributed by atoms with Gasteiger partial charge < -0.3 is 15.7 Å². The van der Waals surface area contributed by atoms with Gasteiger partial charge in [0.15, 0.2) is 0 Å². The standard InChI is InChI=1S/C12H16N4OS/c1-2-14-11-6-13-7-12(16-11)15-5-10(17)9-3-4-18-8-9/h3-4,6-8,10,17H,2,5H2,1H3,(H2,14,15,16). The lowest BCUT2D eigenvalue weighted by Gasteiger charge is -2.11. The number of aromatic nitrogens is 2. The first-order valence-electron chi connectivity index (χ1n) is 5.79. The van der Waals surface area contributed by atoms with Crippen molar-refractivity contribution in [3.8, 4) is 0 Å². The molecule has 0 radical (unpaired) electrons. The fourth-order valence-electron chi connectivity index (χ4n) is 1.50. The van der Waals surface area contributed by atoms with E-state index in [9.17, 15) is 5.11 Å². The Bertz CT molecular complexity index is 475. The first kappa shape index (κ1) is 12.8. The molecule has 1 unspecified atom stereocenters. The van der Waals surface area contributed by atoms with Gasteiger partial charge in [-0.25, -0.2) is 4.98 Å². The molecule has 0 aliphatic carbocycles. The van der Waals surface area contributed by atoms with Gasteiger partial charge in [0, 0.05) is 13.1 Å². The summed E-state index contributed by atoms with van der Waals surface area (Å²) in [5, 5.41) is 20.0. The molecule has 0 saturated carbocycles. The third-order valence-electron chi connectivity index (χ3n) is 2.40. The summed E-state index contributed by atoms with van der Waals surface area (Å²) in [6.45, 7) is 3.22. The lowest BCUT2D eigenvalue weighted by molar-refractivity contribution is 0.192. The minimum atomic E-state index is -0.527. The van der Waals surface area contributed by atoms with Gasteiger partial charge in [0.25, 0.3) is 0 Å². The molecule has 96 valence electrons. The monoisotopic (exact) mass is 264 g/mol. The van der Waals surface area contributed by atoms with Crippen molar-refractivity contribution in [2.24, 2.45) is 0 Å². The van der Waals surface area contributed by atoms with Crippen LogP contribution in [0.3, 0.4) is 0 Å². The van der Waals surface area contributed by atoms with Crippen LogP contribution in [0, 0.1) is 0 Å². The van der Waals surface area contributed by atoms with Gasteiger partial charge in [0.2, 0.25) is 0 Å². The molecule has 0 aliphatic rings. The van der Waals surface area contributed by atoms with E-state index in [4.69, 9.17) is 0 Å². The average Bonchev–Trinajstić information content (AvgIpc) is 2.91. The topological polar surface area (TPSA) is 70.1 Å². The van der Waals surface area contributed by atoms with Crippen LogP contribution in [0.5, 0.6) is 0 Å². The van der Waals surface area contributed by atoms with Gasteiger partial charge in [-0.15, -0.1) is 0 Å². The molecule has 2 rings (SSSR count). The molecule has 2 aromatic heterocycles. The van der Waals surface area contributed by atoms with E-state index in [2.05, 4.69) is 20.6 Å². The lowest BCUT2D eigenvalue weighted by atomic mass is 10.2. The number of anilines is 2. The normalized spacial score (nSPS) is 12.1. The zero-order chi connectivity index (χ0) is 12.8. The van der Waals surface area contributed by atoms with Crippen LogP contribution >= 0.6 is 11.3 Å². The van der Waals surface area contributed by atoms with Crippen molar-refractivity contribution in [3.63, 3.8) is 0 Å². The predicted molar refractivity (Wildman–Crippen MR) is 74.0 cm³/mol. The Balaban J connectivity index is 1.91. The second-order valence-corrected chi connectivity index (χ2v) is 4.55. The molecular formula is C12H16N4OS. The van der Waals surface area contributed by atoms with E-state index in [1.807, 2.05) is 23.8 Å². The largest absolute Gasteiger partial charge is 0.387 e. The Morgan fingerprint density at radius 1 is 1.33 bits per heavy atom. The van der Waals surface area contributed by atoms with Crippen molar-refractivity contribution in [1.29, 1.82) is 0 Å². The van der Waals surface area contributed by atoms with Crippen LogP contribution < -0.4 is 10.6 Å². The smallest absolute Gasteiger partial charge is 0.147 e. The van der Waals surface area contributed by atoms with E-state index in [1.54, 1.807) is 23.7 Å². The van der Waals surface area contributed by atoms with Crippen LogP contribution in [-0.2, 0) is 0 Å². The molecule has 2 aromatic rings. The fraction of sp³-hybridized carbons (Fsp3) is 0.333. The molecule has 0 saturated heterocycles. The Labute approximate surface area is 110 Å². The highest BCUT2D eigenvalue weighted by Gasteiger charge is 2.07. The maximum absolute atomic E-state index is 9.92. The van der Waals surface area contributed by atoms with Gasteiger partial charge in [-0.3, -0.25) is 4.98 Å². The van der Waals surface area contributed by atoms with Crippen LogP contribution in [0.15, 0.2) is 29.2 Å². The number of nitrogens with zero attached hydrogens (tertiary/aromatic N) is 2. The molecule has 0 bridgehead atoms. The number of thiophene rings is 1. The molecule has 3 N–H and O–H groups in total. The lowest BCUT2D eigenvalue weighted by Crippen LogP contribution is -2.13. The van der Waals surface area contributed by atoms with E-state index in [0.29, 0.717) is 12.4 Å². The molecule has 0 aromatic carbocycles. The van der Waals surface area contributed by atoms with Crippen LogP contribution in [0.2, 0.25) is 0 Å². The zero-order valence-corrected chi connectivity index (χ0v) is 10.9. The number of hydrogen-bond donors (Lipinski definition) is 3. The second-order valence-electron chi connectivity index (χ2n) is 3.77. The fourth-order valence-corrected chi connectivity index (χ4v) is 2.21. The van der Waals surface area contributed by atoms with Crippen molar-refractivity contribution in [2.45, 2.75) is 13.0 Å². The Hall–Kier alpha value is -1.66. The van der Waals surface area contributed by atoms with Crippen LogP contribution in [0.4, 0.5) is 11.6 Å². The highest BCUT2D eigenvalue weighted by molar-refractivity contribution is 7.07. The number of rotatable bonds is 6. The Kier molecular flexibility index (Phi) is 4.49. The summed E-state index contributed by atoms with van der Waals surface area (Å²) >= 11 is 1.57. The van der Waals surface area contributed by atoms with Gasteiger partial charge in [-0.2, -0.15) is 11.3 Å². The van der Waals surface area contributed by atoms with Crippen molar-refractivity contribution in [1.82, 2.24) is 9.97 Å². The summed E-state index contributed by atoms with van der Waals surface area (Å²) in [4.78, 5) is 8.40. The Morgan fingerprint density at radius 2 is 2.11 bits per heavy atom. The second kappa shape index (κ2) is 6.32. The third-order valence-corrected chi connectivity index (χ3v) is 3.10. The first-order valence-corrected chi connectivity index (χ1v) is 6.74. The molecule has 5 nitrogen and oxygen atoms in total. The summed E-state index contributed by atoms with van der Waals surface area (Å²) in [7, 11) is 0. The third kappa shape index (κ3) is 3.41. The van der Waals surface area contributed by atoms with Crippen LogP contribution in [0.1, 0.15) is 18.6 Å². The quantitative estimate of drug-likeness (QED) is 0.745. The number of nitrogens with one attached hydrogen (secondary N) is 2. The van der Waals surface area contributed by atoms with Gasteiger partial charge in [-0.05, 0) is 29.3 Å². The van der Waals surface area contributed by atoms with Crippen LogP contribution in [-0.4, -0.2) is 28.2 Å². The summed E-state index contributed by atoms with van der Waals surface area (Å²) in [6, 6.07) is 1.91. The molecule has 0 aliphatic heterocycles. The molecule has 0 amide bonds. The van der Waals surface area contributed by atoms with Gasteiger partial charge in [0.1, 0.15) is 11.6 Å². The predicted octanol–water partition coefficient (Wildman–Crippen LogP) is 2.12. The highest BCUT2D eigenvalue weighted by atomic mass is 32.1. The van der Waals surface area contributed by atoms with Gasteiger partial charge >= 0.3 is 0 Å². The van der Waals surface area contributed by atoms with Crippen molar-refractivity contribution >= 4 is 23.0 Å². The van der Waals surface area contributed by atoms with Crippen molar-refractivity contribution in [3.05, 3.63) is 34.8 Å². The Morgan fingerprint density at radius 3 is 2.78 bits per heavy atom. The SMILES string of the molecule is CCNc1cncc(NCC(O)c2ccsc2)n1. The summed E-state index contributed by atoms with van der Waals surface area (Å²) < 4.78 is 0. The summed E-state index contributed by atoms with van der Waals surface area (Å²) in [6.07, 6.45) is 2.78. The van der Waals surface area contributed by atoms with Crippen LogP contribution in [0.25, 0.3) is 0 Å². The van der Waals surface area contributed by atoms with Gasteiger partial charge in [-0.1, -0.05) is 0 Å². The highest BCUT2D eigenvalue weighted by Crippen LogP contribution is 2.16. The van der Waals surface area contributed by atoms with E-state index >= 15 is 0 Å². The molecule has 6 heteroatoms. The van der Waals surface area contributed by atoms with E-state index in [1.165, 1.54) is 0 Å². The molecular weight excluding hydrogens is 248 g/mol. The number of aliphatic hydroxyl groups is 1. The van der Waals surface area contributed by atoms with E-state index in [0.717, 1.165) is 17.9 Å². The minimum absolute atomic E-state index is 0.418. The average molecular weight is 264 g/mol. The summed E-state index contributed by atoms with van der Waals surface area (Å²) in [5.74, 6) is 1.38. The van der Waals surface area contributed by atoms with Gasteiger partial charge in [0.05, 0.1) is 18.5 Å². The maximum Gasteiger partial charge on any atom is 0.147 e. The van der Waals surface area contributed by atoms with E-state index in [-0.39, 0.29) is 0 Å². The van der Waals surface area contributed by atoms with Crippen molar-refractivity contribution in [2.75, 3.05) is 23.7 Å². The van der Waals surface area contributed by atoms with Crippen molar-refractivity contribution < 1.29 is 5.11 Å². The molecule has 1 atom stereocenters. The maximum atomic E-state index is 9.92. The molecule has 0 spiro atoms. The number of aliphatic hydroxyl groups excluding tert-OH is 1.